The molecule has 1 unspecified atom stereocenters. The van der Waals surface area contributed by atoms with Crippen molar-refractivity contribution in [2.75, 3.05) is 52.6 Å². The summed E-state index contributed by atoms with van der Waals surface area (Å²) in [6.07, 6.45) is 7.26. The second-order valence-electron chi connectivity index (χ2n) is 7.46. The summed E-state index contributed by atoms with van der Waals surface area (Å²) in [4.78, 5) is 5.25. The largest absolute Gasteiger partial charge is 0.472 e. The quantitative estimate of drug-likeness (QED) is 0.851. The first-order valence-electron chi connectivity index (χ1n) is 8.96. The monoisotopic (exact) mass is 320 g/mol. The minimum atomic E-state index is 0.304. The zero-order valence-electron chi connectivity index (χ0n) is 13.9. The van der Waals surface area contributed by atoms with Crippen LogP contribution in [0.1, 0.15) is 24.8 Å². The van der Waals surface area contributed by atoms with Gasteiger partial charge in [0.05, 0.1) is 25.7 Å². The predicted molar refractivity (Wildman–Crippen MR) is 87.3 cm³/mol. The smallest absolute Gasteiger partial charge is 0.0947 e. The Morgan fingerprint density at radius 2 is 2.00 bits per heavy atom. The van der Waals surface area contributed by atoms with Gasteiger partial charge in [-0.15, -0.1) is 0 Å². The van der Waals surface area contributed by atoms with E-state index in [2.05, 4.69) is 15.9 Å². The van der Waals surface area contributed by atoms with Gasteiger partial charge in [-0.25, -0.2) is 0 Å². The molecule has 0 amide bonds. The van der Waals surface area contributed by atoms with Gasteiger partial charge in [-0.2, -0.15) is 0 Å². The fraction of sp³-hybridized carbons (Fsp3) is 0.778. The van der Waals surface area contributed by atoms with Crippen molar-refractivity contribution in [1.29, 1.82) is 0 Å². The molecule has 4 heterocycles. The molecule has 0 saturated carbocycles. The van der Waals surface area contributed by atoms with Gasteiger partial charge in [0.1, 0.15) is 0 Å². The van der Waals surface area contributed by atoms with Crippen LogP contribution in [0.4, 0.5) is 0 Å². The Bertz CT molecular complexity index is 486. The van der Waals surface area contributed by atoms with Crippen molar-refractivity contribution in [3.05, 3.63) is 24.2 Å². The SMILES string of the molecule is c1cc(CN2CCOCC3(CCN(C4CCOCC4)C3)C2)co1. The number of ether oxygens (including phenoxy) is 2. The first kappa shape index (κ1) is 15.6. The molecular formula is C18H28N2O3. The Kier molecular flexibility index (Phi) is 4.71. The highest BCUT2D eigenvalue weighted by atomic mass is 16.5. The van der Waals surface area contributed by atoms with E-state index >= 15 is 0 Å². The van der Waals surface area contributed by atoms with E-state index in [-0.39, 0.29) is 0 Å². The van der Waals surface area contributed by atoms with Gasteiger partial charge in [-0.05, 0) is 31.9 Å². The maximum atomic E-state index is 6.00. The van der Waals surface area contributed by atoms with E-state index in [4.69, 9.17) is 13.9 Å². The Morgan fingerprint density at radius 1 is 1.09 bits per heavy atom. The molecule has 3 aliphatic heterocycles. The molecule has 1 atom stereocenters. The zero-order valence-corrected chi connectivity index (χ0v) is 13.9. The Balaban J connectivity index is 1.40. The van der Waals surface area contributed by atoms with Gasteiger partial charge < -0.3 is 13.9 Å². The average molecular weight is 320 g/mol. The predicted octanol–water partition coefficient (Wildman–Crippen LogP) is 1.98. The van der Waals surface area contributed by atoms with Crippen LogP contribution in [0.3, 0.4) is 0 Å². The van der Waals surface area contributed by atoms with Crippen LogP contribution in [0.5, 0.6) is 0 Å². The van der Waals surface area contributed by atoms with E-state index in [1.54, 1.807) is 6.26 Å². The number of rotatable bonds is 3. The molecular weight excluding hydrogens is 292 g/mol. The molecule has 3 saturated heterocycles. The summed E-state index contributed by atoms with van der Waals surface area (Å²) in [6, 6.07) is 2.79. The zero-order chi connectivity index (χ0) is 15.5. The minimum absolute atomic E-state index is 0.304. The molecule has 23 heavy (non-hydrogen) atoms. The standard InChI is InChI=1S/C18H28N2O3/c1-7-22-12-16(1)11-19-6-10-23-15-18(13-19)4-5-20(14-18)17-2-8-21-9-3-17/h1,7,12,17H,2-6,8-11,13-15H2. The molecule has 1 spiro atoms. The Morgan fingerprint density at radius 3 is 2.83 bits per heavy atom. The molecule has 3 aliphatic rings. The third-order valence-electron chi connectivity index (χ3n) is 5.68. The lowest BCUT2D eigenvalue weighted by Gasteiger charge is -2.35. The van der Waals surface area contributed by atoms with Gasteiger partial charge in [0.25, 0.3) is 0 Å². The van der Waals surface area contributed by atoms with Gasteiger partial charge in [0, 0.05) is 56.4 Å². The lowest BCUT2D eigenvalue weighted by atomic mass is 9.87. The topological polar surface area (TPSA) is 38.1 Å². The van der Waals surface area contributed by atoms with E-state index in [1.165, 1.54) is 37.9 Å². The van der Waals surface area contributed by atoms with Crippen molar-refractivity contribution in [2.45, 2.75) is 31.8 Å². The average Bonchev–Trinajstić information content (AvgIpc) is 3.18. The van der Waals surface area contributed by atoms with Crippen molar-refractivity contribution in [3.63, 3.8) is 0 Å². The Labute approximate surface area is 138 Å². The summed E-state index contributed by atoms with van der Waals surface area (Å²) in [5.41, 5.74) is 1.57. The normalized spacial score (nSPS) is 31.7. The van der Waals surface area contributed by atoms with Gasteiger partial charge in [-0.1, -0.05) is 0 Å². The van der Waals surface area contributed by atoms with E-state index in [0.29, 0.717) is 11.5 Å². The molecule has 0 N–H and O–H groups in total. The number of likely N-dealkylation sites (tertiary alicyclic amines) is 1. The third kappa shape index (κ3) is 3.63. The molecule has 0 aromatic carbocycles. The highest BCUT2D eigenvalue weighted by Crippen LogP contribution is 2.36. The van der Waals surface area contributed by atoms with Crippen LogP contribution in [0.25, 0.3) is 0 Å². The van der Waals surface area contributed by atoms with Crippen molar-refractivity contribution in [2.24, 2.45) is 5.41 Å². The highest BCUT2D eigenvalue weighted by Gasteiger charge is 2.43. The van der Waals surface area contributed by atoms with Crippen LogP contribution < -0.4 is 0 Å². The van der Waals surface area contributed by atoms with Gasteiger partial charge in [0.15, 0.2) is 0 Å². The second kappa shape index (κ2) is 6.93. The first-order chi connectivity index (χ1) is 11.3. The van der Waals surface area contributed by atoms with Crippen LogP contribution in [-0.2, 0) is 16.0 Å². The van der Waals surface area contributed by atoms with Gasteiger partial charge >= 0.3 is 0 Å². The molecule has 128 valence electrons. The fourth-order valence-electron chi connectivity index (χ4n) is 4.44. The molecule has 0 aliphatic carbocycles. The summed E-state index contributed by atoms with van der Waals surface area (Å²) in [5, 5.41) is 0. The van der Waals surface area contributed by atoms with Gasteiger partial charge in [-0.3, -0.25) is 9.80 Å². The van der Waals surface area contributed by atoms with Crippen molar-refractivity contribution < 1.29 is 13.9 Å². The molecule has 3 fully saturated rings. The van der Waals surface area contributed by atoms with Crippen LogP contribution in [0.15, 0.2) is 23.0 Å². The third-order valence-corrected chi connectivity index (χ3v) is 5.68. The van der Waals surface area contributed by atoms with Crippen LogP contribution >= 0.6 is 0 Å². The molecule has 4 rings (SSSR count). The molecule has 0 radical (unpaired) electrons. The van der Waals surface area contributed by atoms with Crippen molar-refractivity contribution in [3.8, 4) is 0 Å². The van der Waals surface area contributed by atoms with Crippen LogP contribution in [-0.4, -0.2) is 68.4 Å². The van der Waals surface area contributed by atoms with E-state index in [1.807, 2.05) is 6.26 Å². The highest BCUT2D eigenvalue weighted by molar-refractivity contribution is 5.06. The molecule has 0 bridgehead atoms. The molecule has 5 heteroatoms. The molecule has 5 nitrogen and oxygen atoms in total. The maximum absolute atomic E-state index is 6.00. The molecule has 1 aromatic heterocycles. The van der Waals surface area contributed by atoms with E-state index in [9.17, 15) is 0 Å². The summed E-state index contributed by atoms with van der Waals surface area (Å²) >= 11 is 0. The first-order valence-corrected chi connectivity index (χ1v) is 8.96. The minimum Gasteiger partial charge on any atom is -0.472 e. The summed E-state index contributed by atoms with van der Waals surface area (Å²) < 4.78 is 16.7. The Hall–Kier alpha value is -0.880. The summed E-state index contributed by atoms with van der Waals surface area (Å²) in [5.74, 6) is 0. The van der Waals surface area contributed by atoms with Crippen molar-refractivity contribution in [1.82, 2.24) is 9.80 Å². The lowest BCUT2D eigenvalue weighted by Crippen LogP contribution is -2.43. The van der Waals surface area contributed by atoms with E-state index in [0.717, 1.165) is 46.1 Å². The maximum Gasteiger partial charge on any atom is 0.0947 e. The number of nitrogens with zero attached hydrogens (tertiary/aromatic N) is 2. The van der Waals surface area contributed by atoms with E-state index < -0.39 is 0 Å². The number of hydrogen-bond acceptors (Lipinski definition) is 5. The number of hydrogen-bond donors (Lipinski definition) is 0. The van der Waals surface area contributed by atoms with Crippen molar-refractivity contribution >= 4 is 0 Å². The fourth-order valence-corrected chi connectivity index (χ4v) is 4.44. The number of furan rings is 1. The summed E-state index contributed by atoms with van der Waals surface area (Å²) in [6.45, 7) is 9.13. The lowest BCUT2D eigenvalue weighted by molar-refractivity contribution is 0.0284. The second-order valence-corrected chi connectivity index (χ2v) is 7.46. The van der Waals surface area contributed by atoms with Gasteiger partial charge in [0.2, 0.25) is 0 Å². The molecule has 1 aromatic rings. The van der Waals surface area contributed by atoms with Crippen LogP contribution in [0.2, 0.25) is 0 Å². The summed E-state index contributed by atoms with van der Waals surface area (Å²) in [7, 11) is 0. The van der Waals surface area contributed by atoms with Crippen LogP contribution in [0, 0.1) is 5.41 Å².